The Balaban J connectivity index is 2.13. The Hall–Kier alpha value is -2.57. The highest BCUT2D eigenvalue weighted by Gasteiger charge is 2.31. The molecule has 3 aromatic rings. The molecule has 0 amide bonds. The third-order valence-corrected chi connectivity index (χ3v) is 3.23. The van der Waals surface area contributed by atoms with Crippen LogP contribution in [-0.2, 0) is 6.18 Å². The number of benzene rings is 1. The van der Waals surface area contributed by atoms with Crippen LogP contribution in [0.4, 0.5) is 18.9 Å². The number of hydrogen-bond acceptors (Lipinski definition) is 3. The second-order valence-electron chi connectivity index (χ2n) is 4.71. The van der Waals surface area contributed by atoms with Gasteiger partial charge in [0.25, 0.3) is 0 Å². The Kier molecular flexibility index (Phi) is 2.86. The monoisotopic (exact) mass is 292 g/mol. The summed E-state index contributed by atoms with van der Waals surface area (Å²) in [4.78, 5) is 11.4. The van der Waals surface area contributed by atoms with Gasteiger partial charge in [0.1, 0.15) is 5.82 Å². The van der Waals surface area contributed by atoms with Crippen LogP contribution in [0.1, 0.15) is 11.1 Å². The molecule has 0 fully saturated rings. The van der Waals surface area contributed by atoms with Crippen molar-refractivity contribution < 1.29 is 13.2 Å². The molecule has 0 aliphatic carbocycles. The zero-order chi connectivity index (χ0) is 15.2. The lowest BCUT2D eigenvalue weighted by atomic mass is 10.1. The van der Waals surface area contributed by atoms with Crippen molar-refractivity contribution in [2.45, 2.75) is 13.1 Å². The summed E-state index contributed by atoms with van der Waals surface area (Å²) < 4.78 is 37.9. The van der Waals surface area contributed by atoms with Crippen molar-refractivity contribution in [3.63, 3.8) is 0 Å². The summed E-state index contributed by atoms with van der Waals surface area (Å²) in [6.45, 7) is 1.89. The highest BCUT2D eigenvalue weighted by molar-refractivity contribution is 5.82. The maximum atomic E-state index is 12.6. The SMILES string of the molecule is Cc1ccnc2nc(-c3ccc(C(F)(F)F)cc3N)[nH]c12. The van der Waals surface area contributed by atoms with Crippen molar-refractivity contribution in [1.82, 2.24) is 15.0 Å². The van der Waals surface area contributed by atoms with Crippen molar-refractivity contribution in [1.29, 1.82) is 0 Å². The van der Waals surface area contributed by atoms with E-state index in [1.54, 1.807) is 6.20 Å². The van der Waals surface area contributed by atoms with Gasteiger partial charge in [-0.15, -0.1) is 0 Å². The van der Waals surface area contributed by atoms with E-state index in [0.29, 0.717) is 17.0 Å². The Labute approximate surface area is 117 Å². The summed E-state index contributed by atoms with van der Waals surface area (Å²) in [5, 5.41) is 0. The summed E-state index contributed by atoms with van der Waals surface area (Å²) in [6, 6.07) is 5.02. The molecule has 2 heterocycles. The Bertz CT molecular complexity index is 821. The van der Waals surface area contributed by atoms with Crippen molar-refractivity contribution >= 4 is 16.9 Å². The fourth-order valence-corrected chi connectivity index (χ4v) is 2.12. The smallest absolute Gasteiger partial charge is 0.398 e. The number of halogens is 3. The van der Waals surface area contributed by atoms with Gasteiger partial charge in [0, 0.05) is 17.4 Å². The first kappa shape index (κ1) is 13.4. The Morgan fingerprint density at radius 3 is 2.57 bits per heavy atom. The zero-order valence-electron chi connectivity index (χ0n) is 11.0. The largest absolute Gasteiger partial charge is 0.416 e. The van der Waals surface area contributed by atoms with Crippen LogP contribution in [-0.4, -0.2) is 15.0 Å². The topological polar surface area (TPSA) is 67.6 Å². The Morgan fingerprint density at radius 2 is 1.95 bits per heavy atom. The molecular formula is C14H11F3N4. The molecule has 4 nitrogen and oxygen atoms in total. The molecule has 7 heteroatoms. The number of anilines is 1. The molecule has 3 rings (SSSR count). The number of alkyl halides is 3. The predicted octanol–water partition coefficient (Wildman–Crippen LogP) is 3.53. The van der Waals surface area contributed by atoms with Crippen molar-refractivity contribution in [2.75, 3.05) is 5.73 Å². The van der Waals surface area contributed by atoms with Crippen LogP contribution < -0.4 is 5.73 Å². The highest BCUT2D eigenvalue weighted by atomic mass is 19.4. The predicted molar refractivity (Wildman–Crippen MR) is 73.5 cm³/mol. The van der Waals surface area contributed by atoms with Crippen LogP contribution >= 0.6 is 0 Å². The summed E-state index contributed by atoms with van der Waals surface area (Å²) in [5.74, 6) is 0.401. The summed E-state index contributed by atoms with van der Waals surface area (Å²) in [6.07, 6.45) is -2.79. The first-order valence-corrected chi connectivity index (χ1v) is 6.14. The van der Waals surface area contributed by atoms with E-state index in [-0.39, 0.29) is 5.69 Å². The van der Waals surface area contributed by atoms with Crippen LogP contribution in [0, 0.1) is 6.92 Å². The molecule has 0 saturated heterocycles. The number of aromatic nitrogens is 3. The van der Waals surface area contributed by atoms with E-state index < -0.39 is 11.7 Å². The van der Waals surface area contributed by atoms with E-state index in [1.165, 1.54) is 6.07 Å². The minimum absolute atomic E-state index is 0.0153. The molecule has 0 unspecified atom stereocenters. The third kappa shape index (κ3) is 2.31. The molecule has 0 spiro atoms. The number of imidazole rings is 1. The van der Waals surface area contributed by atoms with Gasteiger partial charge < -0.3 is 10.7 Å². The number of nitrogens with two attached hydrogens (primary N) is 1. The average Bonchev–Trinajstić information content (AvgIpc) is 2.82. The van der Waals surface area contributed by atoms with Gasteiger partial charge in [-0.25, -0.2) is 9.97 Å². The number of aryl methyl sites for hydroxylation is 1. The lowest BCUT2D eigenvalue weighted by Gasteiger charge is -2.09. The summed E-state index contributed by atoms with van der Waals surface area (Å²) >= 11 is 0. The van der Waals surface area contributed by atoms with Gasteiger partial charge in [0.05, 0.1) is 11.1 Å². The van der Waals surface area contributed by atoms with Gasteiger partial charge in [-0.3, -0.25) is 0 Å². The lowest BCUT2D eigenvalue weighted by Crippen LogP contribution is -2.06. The van der Waals surface area contributed by atoms with Crippen molar-refractivity contribution in [3.8, 4) is 11.4 Å². The molecule has 0 saturated carbocycles. The van der Waals surface area contributed by atoms with Crippen LogP contribution in [0.25, 0.3) is 22.6 Å². The van der Waals surface area contributed by atoms with Gasteiger partial charge >= 0.3 is 6.18 Å². The molecule has 108 valence electrons. The van der Waals surface area contributed by atoms with Crippen LogP contribution in [0.3, 0.4) is 0 Å². The number of hydrogen-bond donors (Lipinski definition) is 2. The molecular weight excluding hydrogens is 281 g/mol. The zero-order valence-corrected chi connectivity index (χ0v) is 11.0. The van der Waals surface area contributed by atoms with E-state index in [0.717, 1.165) is 23.2 Å². The maximum Gasteiger partial charge on any atom is 0.416 e. The van der Waals surface area contributed by atoms with Crippen LogP contribution in [0.15, 0.2) is 30.5 Å². The first-order valence-electron chi connectivity index (χ1n) is 6.14. The van der Waals surface area contributed by atoms with Gasteiger partial charge in [0.2, 0.25) is 0 Å². The third-order valence-electron chi connectivity index (χ3n) is 3.23. The first-order chi connectivity index (χ1) is 9.86. The molecule has 1 aromatic carbocycles. The second-order valence-corrected chi connectivity index (χ2v) is 4.71. The summed E-state index contributed by atoms with van der Waals surface area (Å²) in [5.41, 5.74) is 7.57. The Morgan fingerprint density at radius 1 is 1.19 bits per heavy atom. The van der Waals surface area contributed by atoms with Gasteiger partial charge in [0.15, 0.2) is 5.65 Å². The number of aromatic amines is 1. The number of fused-ring (bicyclic) bond motifs is 1. The number of H-pyrrole nitrogens is 1. The molecule has 3 N–H and O–H groups in total. The van der Waals surface area contributed by atoms with Crippen LogP contribution in [0.5, 0.6) is 0 Å². The molecule has 0 atom stereocenters. The molecule has 0 aliphatic rings. The molecule has 0 radical (unpaired) electrons. The van der Waals surface area contributed by atoms with E-state index in [9.17, 15) is 13.2 Å². The quantitative estimate of drug-likeness (QED) is 0.674. The maximum absolute atomic E-state index is 12.6. The minimum Gasteiger partial charge on any atom is -0.398 e. The fraction of sp³-hybridized carbons (Fsp3) is 0.143. The van der Waals surface area contributed by atoms with Gasteiger partial charge in [-0.2, -0.15) is 13.2 Å². The van der Waals surface area contributed by atoms with E-state index in [2.05, 4.69) is 15.0 Å². The number of rotatable bonds is 1. The minimum atomic E-state index is -4.42. The fourth-order valence-electron chi connectivity index (χ4n) is 2.12. The number of nitrogen functional groups attached to an aromatic ring is 1. The summed E-state index contributed by atoms with van der Waals surface area (Å²) in [7, 11) is 0. The second kappa shape index (κ2) is 4.47. The average molecular weight is 292 g/mol. The van der Waals surface area contributed by atoms with Gasteiger partial charge in [-0.1, -0.05) is 0 Å². The van der Waals surface area contributed by atoms with Crippen LogP contribution in [0.2, 0.25) is 0 Å². The van der Waals surface area contributed by atoms with Crippen molar-refractivity contribution in [3.05, 3.63) is 41.6 Å². The highest BCUT2D eigenvalue weighted by Crippen LogP contribution is 2.34. The number of pyridine rings is 1. The lowest BCUT2D eigenvalue weighted by molar-refractivity contribution is -0.137. The molecule has 21 heavy (non-hydrogen) atoms. The van der Waals surface area contributed by atoms with E-state index in [4.69, 9.17) is 5.73 Å². The van der Waals surface area contributed by atoms with Crippen molar-refractivity contribution in [2.24, 2.45) is 0 Å². The number of nitrogens with zero attached hydrogens (tertiary/aromatic N) is 2. The normalized spacial score (nSPS) is 12.0. The standard InChI is InChI=1S/C14H11F3N4/c1-7-4-5-19-13-11(7)20-12(21-13)9-3-2-8(6-10(9)18)14(15,16)17/h2-6H,18H2,1H3,(H,19,20,21). The molecule has 0 aliphatic heterocycles. The number of nitrogens with one attached hydrogen (secondary N) is 1. The van der Waals surface area contributed by atoms with E-state index >= 15 is 0 Å². The molecule has 2 aromatic heterocycles. The van der Waals surface area contributed by atoms with Gasteiger partial charge in [-0.05, 0) is 36.8 Å². The van der Waals surface area contributed by atoms with E-state index in [1.807, 2.05) is 13.0 Å². The molecule has 0 bridgehead atoms.